The summed E-state index contributed by atoms with van der Waals surface area (Å²) in [5.41, 5.74) is 0.981. The summed E-state index contributed by atoms with van der Waals surface area (Å²) >= 11 is 0. The molecular formula is C13H16N2O4S. The lowest BCUT2D eigenvalue weighted by atomic mass is 10.2. The Morgan fingerprint density at radius 1 is 1.30 bits per heavy atom. The van der Waals surface area contributed by atoms with Gasteiger partial charge in [-0.2, -0.15) is 5.26 Å². The molecular weight excluding hydrogens is 280 g/mol. The van der Waals surface area contributed by atoms with Crippen LogP contribution in [0.3, 0.4) is 0 Å². The second-order valence-electron chi connectivity index (χ2n) is 4.04. The quantitative estimate of drug-likeness (QED) is 0.721. The van der Waals surface area contributed by atoms with Crippen LogP contribution in [0.25, 0.3) is 0 Å². The lowest BCUT2D eigenvalue weighted by Gasteiger charge is -2.06. The van der Waals surface area contributed by atoms with Gasteiger partial charge in [0.2, 0.25) is 15.9 Å². The Morgan fingerprint density at radius 3 is 2.65 bits per heavy atom. The van der Waals surface area contributed by atoms with E-state index in [1.54, 1.807) is 6.07 Å². The molecule has 108 valence electrons. The van der Waals surface area contributed by atoms with E-state index in [2.05, 4.69) is 0 Å². The van der Waals surface area contributed by atoms with E-state index in [1.165, 1.54) is 0 Å². The van der Waals surface area contributed by atoms with Crippen LogP contribution in [0.2, 0.25) is 0 Å². The van der Waals surface area contributed by atoms with E-state index in [9.17, 15) is 13.2 Å². The molecule has 0 bridgehead atoms. The Bertz CT molecular complexity index is 564. The Labute approximate surface area is 118 Å². The molecule has 0 atom stereocenters. The molecule has 0 aliphatic carbocycles. The average molecular weight is 296 g/mol. The highest BCUT2D eigenvalue weighted by Gasteiger charge is 2.13. The van der Waals surface area contributed by atoms with Crippen molar-refractivity contribution in [2.45, 2.75) is 19.4 Å². The lowest BCUT2D eigenvalue weighted by Crippen LogP contribution is -2.33. The number of ether oxygens (including phenoxy) is 1. The number of benzene rings is 1. The van der Waals surface area contributed by atoms with E-state index in [-0.39, 0.29) is 25.2 Å². The number of nitriles is 1. The van der Waals surface area contributed by atoms with Gasteiger partial charge in [0.05, 0.1) is 37.9 Å². The molecule has 1 amide bonds. The molecule has 1 N–H and O–H groups in total. The molecule has 0 fully saturated rings. The second kappa shape index (κ2) is 8.30. The lowest BCUT2D eigenvalue weighted by molar-refractivity contribution is -0.120. The minimum Gasteiger partial charge on any atom is -0.376 e. The van der Waals surface area contributed by atoms with Crippen LogP contribution < -0.4 is 4.72 Å². The average Bonchev–Trinajstić information content (AvgIpc) is 2.42. The zero-order chi connectivity index (χ0) is 14.8. The summed E-state index contributed by atoms with van der Waals surface area (Å²) in [7, 11) is -3.71. The fraction of sp³-hybridized carbons (Fsp3) is 0.385. The molecule has 1 aromatic rings. The van der Waals surface area contributed by atoms with Crippen LogP contribution in [0, 0.1) is 11.3 Å². The molecule has 7 heteroatoms. The highest BCUT2D eigenvalue weighted by Crippen LogP contribution is 2.01. The van der Waals surface area contributed by atoms with Gasteiger partial charge in [-0.05, 0) is 5.56 Å². The first-order valence-corrected chi connectivity index (χ1v) is 7.70. The van der Waals surface area contributed by atoms with E-state index >= 15 is 0 Å². The van der Waals surface area contributed by atoms with Crippen molar-refractivity contribution in [2.24, 2.45) is 0 Å². The first-order valence-electron chi connectivity index (χ1n) is 6.05. The highest BCUT2D eigenvalue weighted by molar-refractivity contribution is 7.90. The summed E-state index contributed by atoms with van der Waals surface area (Å²) in [4.78, 5) is 11.4. The molecule has 0 aromatic heterocycles. The maximum absolute atomic E-state index is 11.4. The van der Waals surface area contributed by atoms with Gasteiger partial charge >= 0.3 is 0 Å². The fourth-order valence-electron chi connectivity index (χ4n) is 1.38. The number of sulfonamides is 1. The van der Waals surface area contributed by atoms with Crippen LogP contribution in [0.15, 0.2) is 30.3 Å². The smallest absolute Gasteiger partial charge is 0.235 e. The van der Waals surface area contributed by atoms with Crippen molar-refractivity contribution in [3.05, 3.63) is 35.9 Å². The Balaban J connectivity index is 2.22. The van der Waals surface area contributed by atoms with Gasteiger partial charge in [0.25, 0.3) is 0 Å². The van der Waals surface area contributed by atoms with Crippen molar-refractivity contribution in [3.8, 4) is 6.07 Å². The molecule has 20 heavy (non-hydrogen) atoms. The highest BCUT2D eigenvalue weighted by atomic mass is 32.2. The van der Waals surface area contributed by atoms with E-state index in [4.69, 9.17) is 10.00 Å². The normalized spacial score (nSPS) is 10.8. The van der Waals surface area contributed by atoms with Gasteiger partial charge in [-0.25, -0.2) is 8.42 Å². The Morgan fingerprint density at radius 2 is 2.00 bits per heavy atom. The van der Waals surface area contributed by atoms with Crippen molar-refractivity contribution < 1.29 is 17.9 Å². The number of hydrogen-bond acceptors (Lipinski definition) is 5. The van der Waals surface area contributed by atoms with Crippen LogP contribution in [-0.4, -0.2) is 26.7 Å². The second-order valence-corrected chi connectivity index (χ2v) is 5.88. The summed E-state index contributed by atoms with van der Waals surface area (Å²) in [6, 6.07) is 11.2. The summed E-state index contributed by atoms with van der Waals surface area (Å²) in [5, 5.41) is 8.30. The van der Waals surface area contributed by atoms with Gasteiger partial charge in [-0.3, -0.25) is 9.52 Å². The van der Waals surface area contributed by atoms with Gasteiger partial charge in [-0.15, -0.1) is 0 Å². The van der Waals surface area contributed by atoms with Gasteiger partial charge in [0.15, 0.2) is 0 Å². The first-order chi connectivity index (χ1) is 9.53. The van der Waals surface area contributed by atoms with Gasteiger partial charge in [0.1, 0.15) is 0 Å². The van der Waals surface area contributed by atoms with E-state index in [1.807, 2.05) is 35.1 Å². The van der Waals surface area contributed by atoms with Gasteiger partial charge < -0.3 is 4.74 Å². The number of carbonyl (C=O) groups is 1. The van der Waals surface area contributed by atoms with Gasteiger partial charge in [-0.1, -0.05) is 30.3 Å². The molecule has 0 aliphatic rings. The van der Waals surface area contributed by atoms with Crippen LogP contribution >= 0.6 is 0 Å². The van der Waals surface area contributed by atoms with Gasteiger partial charge in [0, 0.05) is 0 Å². The van der Waals surface area contributed by atoms with Crippen molar-refractivity contribution in [1.29, 1.82) is 5.26 Å². The zero-order valence-corrected chi connectivity index (χ0v) is 11.7. The molecule has 0 saturated carbocycles. The molecule has 0 heterocycles. The number of nitrogens with one attached hydrogen (secondary N) is 1. The minimum absolute atomic E-state index is 0.0430. The van der Waals surface area contributed by atoms with Crippen molar-refractivity contribution in [2.75, 3.05) is 12.4 Å². The largest absolute Gasteiger partial charge is 0.376 e. The Kier molecular flexibility index (Phi) is 6.70. The molecule has 1 rings (SSSR count). The number of hydrogen-bond donors (Lipinski definition) is 1. The van der Waals surface area contributed by atoms with Crippen LogP contribution in [0.5, 0.6) is 0 Å². The first kappa shape index (κ1) is 16.1. The summed E-state index contributed by atoms with van der Waals surface area (Å²) in [6.07, 6.45) is -0.189. The Hall–Kier alpha value is -1.91. The van der Waals surface area contributed by atoms with Crippen molar-refractivity contribution in [1.82, 2.24) is 4.72 Å². The van der Waals surface area contributed by atoms with E-state index in [0.29, 0.717) is 6.61 Å². The topological polar surface area (TPSA) is 96.3 Å². The molecule has 0 aliphatic heterocycles. The van der Waals surface area contributed by atoms with Crippen molar-refractivity contribution >= 4 is 15.9 Å². The molecule has 0 unspecified atom stereocenters. The number of amides is 1. The molecule has 0 radical (unpaired) electrons. The maximum atomic E-state index is 11.4. The predicted molar refractivity (Wildman–Crippen MR) is 72.9 cm³/mol. The van der Waals surface area contributed by atoms with E-state index in [0.717, 1.165) is 5.56 Å². The third-order valence-corrected chi connectivity index (χ3v) is 3.62. The molecule has 0 saturated heterocycles. The monoisotopic (exact) mass is 296 g/mol. The maximum Gasteiger partial charge on any atom is 0.235 e. The molecule has 1 aromatic carbocycles. The summed E-state index contributed by atoms with van der Waals surface area (Å²) < 4.78 is 29.8. The zero-order valence-electron chi connectivity index (χ0n) is 10.9. The number of rotatable bonds is 8. The van der Waals surface area contributed by atoms with Crippen molar-refractivity contribution in [3.63, 3.8) is 0 Å². The fourth-order valence-corrected chi connectivity index (χ4v) is 2.30. The molecule has 6 nitrogen and oxygen atoms in total. The standard InChI is InChI=1S/C13H16N2O4S/c14-8-4-10-20(17,18)15-13(16)7-9-19-11-12-5-2-1-3-6-12/h1-3,5-6H,4,7,9-11H2,(H,15,16). The SMILES string of the molecule is N#CCCS(=O)(=O)NC(=O)CCOCc1ccccc1. The number of nitrogens with zero attached hydrogens (tertiary/aromatic N) is 1. The van der Waals surface area contributed by atoms with E-state index < -0.39 is 15.9 Å². The summed E-state index contributed by atoms with van der Waals surface area (Å²) in [6.45, 7) is 0.504. The van der Waals surface area contributed by atoms with Crippen LogP contribution in [0.4, 0.5) is 0 Å². The summed E-state index contributed by atoms with van der Waals surface area (Å²) in [5.74, 6) is -1.00. The van der Waals surface area contributed by atoms with Crippen LogP contribution in [-0.2, 0) is 26.2 Å². The number of carbonyl (C=O) groups excluding carboxylic acids is 1. The third kappa shape index (κ3) is 6.87. The minimum atomic E-state index is -3.71. The predicted octanol–water partition coefficient (Wildman–Crippen LogP) is 0.953. The van der Waals surface area contributed by atoms with Crippen LogP contribution in [0.1, 0.15) is 18.4 Å². The molecule has 0 spiro atoms. The third-order valence-electron chi connectivity index (χ3n) is 2.34.